The van der Waals surface area contributed by atoms with Gasteiger partial charge in [-0.15, -0.1) is 0 Å². The molecule has 0 saturated heterocycles. The third-order valence-electron chi connectivity index (χ3n) is 1.73. The first kappa shape index (κ1) is 4.19. The molecule has 0 atom stereocenters. The molecule has 1 nitrogen and oxygen atoms in total. The molecular formula is C7H8O. The maximum Gasteiger partial charge on any atom is 0.0937 e. The lowest BCUT2D eigenvalue weighted by molar-refractivity contribution is 0.556. The highest BCUT2D eigenvalue weighted by Crippen LogP contribution is 2.21. The van der Waals surface area contributed by atoms with Crippen LogP contribution in [0.3, 0.4) is 0 Å². The summed E-state index contributed by atoms with van der Waals surface area (Å²) in [6.45, 7) is 0. The van der Waals surface area contributed by atoms with Gasteiger partial charge in [-0.2, -0.15) is 0 Å². The second-order valence-electron chi connectivity index (χ2n) is 2.28. The summed E-state index contributed by atoms with van der Waals surface area (Å²) in [7, 11) is 0. The molecule has 0 fully saturated rings. The van der Waals surface area contributed by atoms with E-state index in [-0.39, 0.29) is 0 Å². The highest BCUT2D eigenvalue weighted by Gasteiger charge is 2.10. The zero-order valence-corrected chi connectivity index (χ0v) is 4.68. The van der Waals surface area contributed by atoms with E-state index >= 15 is 0 Å². The van der Waals surface area contributed by atoms with E-state index in [0.29, 0.717) is 0 Å². The Bertz CT molecular complexity index is 170. The fourth-order valence-corrected chi connectivity index (χ4v) is 1.26. The summed E-state index contributed by atoms with van der Waals surface area (Å²) in [4.78, 5) is 0. The Hall–Kier alpha value is -0.720. The first-order valence-electron chi connectivity index (χ1n) is 3.01. The van der Waals surface area contributed by atoms with Crippen molar-refractivity contribution < 1.29 is 4.42 Å². The van der Waals surface area contributed by atoms with Gasteiger partial charge in [0.15, 0.2) is 0 Å². The van der Waals surface area contributed by atoms with Crippen LogP contribution in [0.15, 0.2) is 16.9 Å². The molecule has 0 N–H and O–H groups in total. The first-order chi connectivity index (χ1) is 3.97. The molecule has 0 aliphatic heterocycles. The average molecular weight is 108 g/mol. The zero-order valence-electron chi connectivity index (χ0n) is 4.68. The number of hydrogen-bond donors (Lipinski definition) is 0. The van der Waals surface area contributed by atoms with E-state index in [1.54, 1.807) is 0 Å². The van der Waals surface area contributed by atoms with Gasteiger partial charge in [0.05, 0.1) is 12.5 Å². The van der Waals surface area contributed by atoms with Crippen LogP contribution in [0, 0.1) is 0 Å². The minimum Gasteiger partial charge on any atom is -0.472 e. The maximum atomic E-state index is 4.99. The molecule has 1 heteroatoms. The third kappa shape index (κ3) is 0.414. The topological polar surface area (TPSA) is 13.1 Å². The molecule has 1 aliphatic rings. The van der Waals surface area contributed by atoms with Crippen molar-refractivity contribution in [3.05, 3.63) is 23.7 Å². The minimum absolute atomic E-state index is 1.23. The molecule has 0 radical (unpaired) electrons. The van der Waals surface area contributed by atoms with Crippen LogP contribution in [-0.4, -0.2) is 0 Å². The van der Waals surface area contributed by atoms with Crippen LogP contribution in [0.1, 0.15) is 17.5 Å². The smallest absolute Gasteiger partial charge is 0.0937 e. The van der Waals surface area contributed by atoms with Gasteiger partial charge in [0.25, 0.3) is 0 Å². The normalized spacial score (nSPS) is 16.5. The predicted molar refractivity (Wildman–Crippen MR) is 30.7 cm³/mol. The number of fused-ring (bicyclic) bond motifs is 1. The molecule has 1 aromatic rings. The molecule has 8 heavy (non-hydrogen) atoms. The molecule has 0 saturated carbocycles. The van der Waals surface area contributed by atoms with Crippen molar-refractivity contribution in [2.24, 2.45) is 0 Å². The third-order valence-corrected chi connectivity index (χ3v) is 1.73. The SMILES string of the molecule is c1occ2c1CCC2. The lowest BCUT2D eigenvalue weighted by atomic mass is 10.2. The van der Waals surface area contributed by atoms with Crippen LogP contribution in [0.2, 0.25) is 0 Å². The van der Waals surface area contributed by atoms with Crippen LogP contribution >= 0.6 is 0 Å². The van der Waals surface area contributed by atoms with E-state index in [2.05, 4.69) is 0 Å². The molecule has 0 aromatic carbocycles. The fraction of sp³-hybridized carbons (Fsp3) is 0.429. The van der Waals surface area contributed by atoms with E-state index in [9.17, 15) is 0 Å². The van der Waals surface area contributed by atoms with Crippen LogP contribution in [0.4, 0.5) is 0 Å². The van der Waals surface area contributed by atoms with Gasteiger partial charge in [-0.25, -0.2) is 0 Å². The van der Waals surface area contributed by atoms with E-state index in [1.165, 1.54) is 30.4 Å². The second kappa shape index (κ2) is 1.38. The summed E-state index contributed by atoms with van der Waals surface area (Å²) in [6.07, 6.45) is 7.50. The highest BCUT2D eigenvalue weighted by atomic mass is 16.3. The molecule has 0 amide bonds. The van der Waals surface area contributed by atoms with Crippen LogP contribution in [-0.2, 0) is 12.8 Å². The molecule has 1 heterocycles. The summed E-state index contributed by atoms with van der Waals surface area (Å²) in [5.74, 6) is 0. The molecule has 0 unspecified atom stereocenters. The zero-order chi connectivity index (χ0) is 5.40. The van der Waals surface area contributed by atoms with Crippen molar-refractivity contribution in [2.45, 2.75) is 19.3 Å². The monoisotopic (exact) mass is 108 g/mol. The first-order valence-corrected chi connectivity index (χ1v) is 3.01. The van der Waals surface area contributed by atoms with Gasteiger partial charge in [-0.1, -0.05) is 0 Å². The van der Waals surface area contributed by atoms with E-state index < -0.39 is 0 Å². The van der Waals surface area contributed by atoms with Crippen LogP contribution in [0.25, 0.3) is 0 Å². The van der Waals surface area contributed by atoms with Gasteiger partial charge >= 0.3 is 0 Å². The van der Waals surface area contributed by atoms with Crippen molar-refractivity contribution in [3.8, 4) is 0 Å². The fourth-order valence-electron chi connectivity index (χ4n) is 1.26. The lowest BCUT2D eigenvalue weighted by Gasteiger charge is -1.76. The molecule has 1 aromatic heterocycles. The maximum absolute atomic E-state index is 4.99. The second-order valence-corrected chi connectivity index (χ2v) is 2.28. The number of furan rings is 1. The summed E-state index contributed by atoms with van der Waals surface area (Å²) >= 11 is 0. The van der Waals surface area contributed by atoms with Crippen molar-refractivity contribution in [1.82, 2.24) is 0 Å². The quantitative estimate of drug-likeness (QED) is 0.493. The van der Waals surface area contributed by atoms with Gasteiger partial charge in [-0.05, 0) is 30.4 Å². The number of hydrogen-bond acceptors (Lipinski definition) is 1. The van der Waals surface area contributed by atoms with Crippen molar-refractivity contribution in [1.29, 1.82) is 0 Å². The summed E-state index contributed by atoms with van der Waals surface area (Å²) < 4.78 is 4.99. The molecule has 1 aliphatic carbocycles. The van der Waals surface area contributed by atoms with E-state index in [4.69, 9.17) is 4.42 Å². The van der Waals surface area contributed by atoms with E-state index in [0.717, 1.165) is 0 Å². The van der Waals surface area contributed by atoms with Gasteiger partial charge in [0.1, 0.15) is 0 Å². The number of aryl methyl sites for hydroxylation is 2. The molecule has 0 spiro atoms. The van der Waals surface area contributed by atoms with Gasteiger partial charge in [-0.3, -0.25) is 0 Å². The standard InChI is InChI=1S/C7H8O/c1-2-6-4-8-5-7(6)3-1/h4-5H,1-3H2. The largest absolute Gasteiger partial charge is 0.472 e. The van der Waals surface area contributed by atoms with Gasteiger partial charge in [0.2, 0.25) is 0 Å². The molecule has 2 rings (SSSR count). The molecule has 42 valence electrons. The average Bonchev–Trinajstić information content (AvgIpc) is 2.15. The Morgan fingerprint density at radius 1 is 1.12 bits per heavy atom. The Morgan fingerprint density at radius 3 is 2.38 bits per heavy atom. The minimum atomic E-state index is 1.23. The van der Waals surface area contributed by atoms with Gasteiger partial charge in [0, 0.05) is 0 Å². The highest BCUT2D eigenvalue weighted by molar-refractivity contribution is 5.25. The van der Waals surface area contributed by atoms with Crippen molar-refractivity contribution in [3.63, 3.8) is 0 Å². The van der Waals surface area contributed by atoms with Crippen molar-refractivity contribution in [2.75, 3.05) is 0 Å². The molecular weight excluding hydrogens is 100 g/mol. The lowest BCUT2D eigenvalue weighted by Crippen LogP contribution is -1.66. The summed E-state index contributed by atoms with van der Waals surface area (Å²) in [5, 5.41) is 0. The predicted octanol–water partition coefficient (Wildman–Crippen LogP) is 1.77. The molecule has 0 bridgehead atoms. The number of rotatable bonds is 0. The Balaban J connectivity index is 2.54. The summed E-state index contributed by atoms with van der Waals surface area (Å²) in [6, 6.07) is 0. The van der Waals surface area contributed by atoms with Crippen LogP contribution < -0.4 is 0 Å². The van der Waals surface area contributed by atoms with Crippen molar-refractivity contribution >= 4 is 0 Å². The Kier molecular flexibility index (Phi) is 0.720. The van der Waals surface area contributed by atoms with Crippen LogP contribution in [0.5, 0.6) is 0 Å². The Morgan fingerprint density at radius 2 is 1.75 bits per heavy atom. The van der Waals surface area contributed by atoms with Gasteiger partial charge < -0.3 is 4.42 Å². The van der Waals surface area contributed by atoms with E-state index in [1.807, 2.05) is 12.5 Å². The Labute approximate surface area is 48.3 Å². The summed E-state index contributed by atoms with van der Waals surface area (Å²) in [5.41, 5.74) is 2.84.